The molecule has 1 saturated carbocycles. The molecule has 5 aromatic rings. The van der Waals surface area contributed by atoms with Crippen LogP contribution in [-0.2, 0) is 13.1 Å². The van der Waals surface area contributed by atoms with E-state index >= 15 is 0 Å². The van der Waals surface area contributed by atoms with Crippen LogP contribution in [0.4, 0.5) is 0 Å². The van der Waals surface area contributed by atoms with Crippen LogP contribution in [0.1, 0.15) is 30.5 Å². The van der Waals surface area contributed by atoms with Crippen LogP contribution < -0.4 is 5.32 Å². The minimum atomic E-state index is 0.541. The van der Waals surface area contributed by atoms with E-state index in [1.807, 2.05) is 18.3 Å². The van der Waals surface area contributed by atoms with Gasteiger partial charge in [0, 0.05) is 34.9 Å². The van der Waals surface area contributed by atoms with Gasteiger partial charge in [-0.15, -0.1) is 5.10 Å². The molecule has 0 unspecified atom stereocenters. The highest BCUT2D eigenvalue weighted by Gasteiger charge is 2.16. The van der Waals surface area contributed by atoms with E-state index in [0.717, 1.165) is 52.5 Å². The maximum Gasteiger partial charge on any atom is 0.137 e. The Morgan fingerprint density at radius 2 is 2.09 bits per heavy atom. The largest absolute Gasteiger partial charge is 0.312 e. The highest BCUT2D eigenvalue weighted by atomic mass is 35.5. The molecule has 1 fully saturated rings. The molecule has 8 nitrogen and oxygen atoms in total. The Bertz CT molecular complexity index is 1390. The first-order valence-electron chi connectivity index (χ1n) is 10.9. The lowest BCUT2D eigenvalue weighted by atomic mass is 9.85. The molecule has 0 bridgehead atoms. The summed E-state index contributed by atoms with van der Waals surface area (Å²) in [7, 11) is 0. The monoisotopic (exact) mass is 446 g/mol. The van der Waals surface area contributed by atoms with E-state index in [1.54, 1.807) is 10.9 Å². The molecule has 2 N–H and O–H groups in total. The molecule has 0 spiro atoms. The van der Waals surface area contributed by atoms with Gasteiger partial charge in [-0.2, -0.15) is 5.10 Å². The minimum Gasteiger partial charge on any atom is -0.312 e. The van der Waals surface area contributed by atoms with E-state index in [9.17, 15) is 0 Å². The molecule has 4 aromatic heterocycles. The van der Waals surface area contributed by atoms with Gasteiger partial charge in [0.25, 0.3) is 0 Å². The van der Waals surface area contributed by atoms with Gasteiger partial charge >= 0.3 is 0 Å². The number of fused-ring (bicyclic) bond motifs is 2. The van der Waals surface area contributed by atoms with Gasteiger partial charge < -0.3 is 9.72 Å². The van der Waals surface area contributed by atoms with Crippen molar-refractivity contribution in [3.63, 3.8) is 0 Å². The highest BCUT2D eigenvalue weighted by Crippen LogP contribution is 2.29. The fourth-order valence-electron chi connectivity index (χ4n) is 4.28. The Labute approximate surface area is 189 Å². The number of aromatic amines is 1. The topological polar surface area (TPSA) is 88.7 Å². The van der Waals surface area contributed by atoms with Crippen LogP contribution in [0.3, 0.4) is 0 Å². The maximum absolute atomic E-state index is 6.26. The number of imidazole rings is 1. The number of hydrogen-bond donors (Lipinski definition) is 2. The van der Waals surface area contributed by atoms with Gasteiger partial charge in [0.1, 0.15) is 11.3 Å². The quantitative estimate of drug-likeness (QED) is 0.393. The molecule has 1 aliphatic carbocycles. The Morgan fingerprint density at radius 3 is 2.97 bits per heavy atom. The van der Waals surface area contributed by atoms with Gasteiger partial charge in [-0.3, -0.25) is 5.10 Å². The van der Waals surface area contributed by atoms with Crippen molar-refractivity contribution in [2.24, 2.45) is 5.92 Å². The summed E-state index contributed by atoms with van der Waals surface area (Å²) in [5.74, 6) is 0.864. The summed E-state index contributed by atoms with van der Waals surface area (Å²) in [4.78, 5) is 4.74. The van der Waals surface area contributed by atoms with Crippen molar-refractivity contribution < 1.29 is 0 Å². The molecule has 0 radical (unpaired) electrons. The zero-order valence-electron chi connectivity index (χ0n) is 17.5. The Morgan fingerprint density at radius 1 is 1.16 bits per heavy atom. The summed E-state index contributed by atoms with van der Waals surface area (Å²) in [6, 6.07) is 7.95. The van der Waals surface area contributed by atoms with Crippen molar-refractivity contribution in [3.05, 3.63) is 65.3 Å². The number of nitrogens with one attached hydrogen (secondary N) is 2. The third-order valence-electron chi connectivity index (χ3n) is 6.21. The summed E-state index contributed by atoms with van der Waals surface area (Å²) in [6.07, 6.45) is 12.0. The number of pyridine rings is 1. The average Bonchev–Trinajstić information content (AvgIpc) is 3.48. The fourth-order valence-corrected chi connectivity index (χ4v) is 4.50. The molecular formula is C23H23ClN8. The van der Waals surface area contributed by atoms with Crippen LogP contribution in [0.25, 0.3) is 27.8 Å². The molecule has 162 valence electrons. The predicted octanol–water partition coefficient (Wildman–Crippen LogP) is 4.06. The number of nitrogens with zero attached hydrogens (tertiary/aromatic N) is 6. The van der Waals surface area contributed by atoms with Gasteiger partial charge in [-0.05, 0) is 49.1 Å². The van der Waals surface area contributed by atoms with Crippen LogP contribution >= 0.6 is 11.6 Å². The summed E-state index contributed by atoms with van der Waals surface area (Å²) in [6.45, 7) is 2.53. The van der Waals surface area contributed by atoms with E-state index in [4.69, 9.17) is 16.6 Å². The first-order valence-corrected chi connectivity index (χ1v) is 11.3. The molecule has 32 heavy (non-hydrogen) atoms. The Kier molecular flexibility index (Phi) is 4.88. The SMILES string of the molecule is Clc1cc(-c2cn(Cc3cn4cc(CNCC5CCC5)ccc4n3)nn2)c2cn[nH]c2c1. The first kappa shape index (κ1) is 19.5. The van der Waals surface area contributed by atoms with E-state index in [-0.39, 0.29) is 0 Å². The van der Waals surface area contributed by atoms with Crippen molar-refractivity contribution in [2.75, 3.05) is 6.54 Å². The summed E-state index contributed by atoms with van der Waals surface area (Å²) in [5, 5.41) is 20.9. The van der Waals surface area contributed by atoms with Crippen LogP contribution in [0.5, 0.6) is 0 Å². The second-order valence-corrected chi connectivity index (χ2v) is 8.99. The number of aromatic nitrogens is 7. The van der Waals surface area contributed by atoms with Crippen molar-refractivity contribution >= 4 is 28.2 Å². The van der Waals surface area contributed by atoms with Crippen LogP contribution in [0, 0.1) is 5.92 Å². The molecule has 0 amide bonds. The molecule has 0 atom stereocenters. The van der Waals surface area contributed by atoms with Crippen LogP contribution in [0.15, 0.2) is 49.1 Å². The number of rotatable bonds is 7. The van der Waals surface area contributed by atoms with Crippen molar-refractivity contribution in [2.45, 2.75) is 32.4 Å². The lowest BCUT2D eigenvalue weighted by molar-refractivity contribution is 0.301. The van der Waals surface area contributed by atoms with Crippen molar-refractivity contribution in [3.8, 4) is 11.3 Å². The first-order chi connectivity index (χ1) is 15.7. The van der Waals surface area contributed by atoms with E-state index in [0.29, 0.717) is 11.6 Å². The summed E-state index contributed by atoms with van der Waals surface area (Å²) >= 11 is 6.26. The smallest absolute Gasteiger partial charge is 0.137 e. The number of H-pyrrole nitrogens is 1. The minimum absolute atomic E-state index is 0.541. The Balaban J connectivity index is 1.19. The normalized spacial score (nSPS) is 14.4. The second-order valence-electron chi connectivity index (χ2n) is 8.55. The summed E-state index contributed by atoms with van der Waals surface area (Å²) in [5.41, 5.74) is 5.65. The molecule has 1 aromatic carbocycles. The molecule has 4 heterocycles. The lowest BCUT2D eigenvalue weighted by Gasteiger charge is -2.25. The zero-order valence-corrected chi connectivity index (χ0v) is 18.3. The van der Waals surface area contributed by atoms with Gasteiger partial charge in [0.2, 0.25) is 0 Å². The second kappa shape index (κ2) is 8.03. The predicted molar refractivity (Wildman–Crippen MR) is 123 cm³/mol. The molecule has 9 heteroatoms. The van der Waals surface area contributed by atoms with Gasteiger partial charge in [0.15, 0.2) is 0 Å². The standard InChI is InChI=1S/C23H23ClN8/c24-17-6-19(20-10-26-28-21(20)7-17)22-14-32(30-29-22)13-18-12-31-11-16(4-5-23(31)27-18)9-25-8-15-2-1-3-15/h4-7,10-12,14-15,25H,1-3,8-9,13H2,(H,26,28). The number of hydrogen-bond acceptors (Lipinski definition) is 5. The van der Waals surface area contributed by atoms with Crippen molar-refractivity contribution in [1.29, 1.82) is 0 Å². The van der Waals surface area contributed by atoms with Gasteiger partial charge in [-0.25, -0.2) is 9.67 Å². The van der Waals surface area contributed by atoms with E-state index < -0.39 is 0 Å². The molecule has 0 saturated heterocycles. The number of benzene rings is 1. The molecule has 1 aliphatic rings. The average molecular weight is 447 g/mol. The Hall–Kier alpha value is -3.23. The summed E-state index contributed by atoms with van der Waals surface area (Å²) < 4.78 is 3.88. The van der Waals surface area contributed by atoms with Crippen LogP contribution in [-0.4, -0.2) is 41.1 Å². The van der Waals surface area contributed by atoms with E-state index in [1.165, 1.54) is 24.8 Å². The van der Waals surface area contributed by atoms with Crippen LogP contribution in [0.2, 0.25) is 5.02 Å². The highest BCUT2D eigenvalue weighted by molar-refractivity contribution is 6.31. The fraction of sp³-hybridized carbons (Fsp3) is 0.304. The van der Waals surface area contributed by atoms with Gasteiger partial charge in [-0.1, -0.05) is 29.3 Å². The van der Waals surface area contributed by atoms with Gasteiger partial charge in [0.05, 0.1) is 30.1 Å². The van der Waals surface area contributed by atoms with E-state index in [2.05, 4.69) is 54.8 Å². The maximum atomic E-state index is 6.26. The number of halogens is 1. The molecular weight excluding hydrogens is 424 g/mol. The third-order valence-corrected chi connectivity index (χ3v) is 6.43. The van der Waals surface area contributed by atoms with Crippen molar-refractivity contribution in [1.82, 2.24) is 39.9 Å². The zero-order chi connectivity index (χ0) is 21.5. The molecule has 6 rings (SSSR count). The lowest BCUT2D eigenvalue weighted by Crippen LogP contribution is -2.26. The molecule has 0 aliphatic heterocycles. The third kappa shape index (κ3) is 3.76.